The Labute approximate surface area is 115 Å². The Morgan fingerprint density at radius 2 is 1.37 bits per heavy atom. The summed E-state index contributed by atoms with van der Waals surface area (Å²) in [6, 6.07) is 0. The number of aliphatic carboxylic acids is 1. The quantitative estimate of drug-likeness (QED) is 0.800. The molecule has 1 saturated carbocycles. The maximum atomic E-state index is 12.2. The van der Waals surface area contributed by atoms with Crippen LogP contribution in [-0.2, 0) is 14.3 Å². The third kappa shape index (κ3) is 3.95. The molecule has 0 saturated heterocycles. The first-order valence-corrected chi connectivity index (χ1v) is 7.00. The molecule has 0 spiro atoms. The molecule has 110 valence electrons. The number of carbonyl (C=O) groups is 2. The molecule has 0 aromatic heterocycles. The van der Waals surface area contributed by atoms with Gasteiger partial charge in [-0.1, -0.05) is 20.8 Å². The van der Waals surface area contributed by atoms with E-state index in [1.54, 1.807) is 0 Å². The summed E-state index contributed by atoms with van der Waals surface area (Å²) in [7, 11) is 0. The van der Waals surface area contributed by atoms with Crippen molar-refractivity contribution >= 4 is 11.9 Å². The van der Waals surface area contributed by atoms with E-state index in [1.165, 1.54) is 0 Å². The number of esters is 1. The van der Waals surface area contributed by atoms with Crippen LogP contribution in [0.3, 0.4) is 0 Å². The van der Waals surface area contributed by atoms with Crippen LogP contribution >= 0.6 is 0 Å². The van der Waals surface area contributed by atoms with Crippen molar-refractivity contribution < 1.29 is 19.4 Å². The van der Waals surface area contributed by atoms with Crippen molar-refractivity contribution in [1.82, 2.24) is 0 Å². The van der Waals surface area contributed by atoms with Crippen LogP contribution < -0.4 is 0 Å². The van der Waals surface area contributed by atoms with Gasteiger partial charge in [0, 0.05) is 5.41 Å². The third-order valence-corrected chi connectivity index (χ3v) is 4.57. The highest BCUT2D eigenvalue weighted by atomic mass is 16.6. The summed E-state index contributed by atoms with van der Waals surface area (Å²) in [6.07, 6.45) is 2.39. The summed E-state index contributed by atoms with van der Waals surface area (Å²) in [4.78, 5) is 23.0. The summed E-state index contributed by atoms with van der Waals surface area (Å²) in [5, 5.41) is 8.94. The summed E-state index contributed by atoms with van der Waals surface area (Å²) < 4.78 is 5.65. The minimum atomic E-state index is -0.748. The molecule has 0 bridgehead atoms. The van der Waals surface area contributed by atoms with Crippen LogP contribution in [0.4, 0.5) is 0 Å². The van der Waals surface area contributed by atoms with Gasteiger partial charge in [0.05, 0.1) is 11.8 Å². The summed E-state index contributed by atoms with van der Waals surface area (Å²) in [6.45, 7) is 9.98. The minimum absolute atomic E-state index is 0.124. The van der Waals surface area contributed by atoms with E-state index in [4.69, 9.17) is 9.84 Å². The summed E-state index contributed by atoms with van der Waals surface area (Å²) in [5.41, 5.74) is -0.644. The molecule has 0 aromatic rings. The number of carboxylic acids is 1. The SMILES string of the molecule is CC(C)(C)C(C)(C)OC(=O)C1CCC(C(=O)O)CC1. The van der Waals surface area contributed by atoms with Crippen LogP contribution in [0.5, 0.6) is 0 Å². The Morgan fingerprint density at radius 3 is 1.74 bits per heavy atom. The molecule has 4 nitrogen and oxygen atoms in total. The molecule has 0 radical (unpaired) electrons. The van der Waals surface area contributed by atoms with Gasteiger partial charge < -0.3 is 9.84 Å². The fourth-order valence-corrected chi connectivity index (χ4v) is 2.06. The average Bonchev–Trinajstić information content (AvgIpc) is 2.27. The second-order valence-corrected chi connectivity index (χ2v) is 7.07. The second kappa shape index (κ2) is 5.51. The van der Waals surface area contributed by atoms with Gasteiger partial charge in [0.2, 0.25) is 0 Å². The molecule has 0 atom stereocenters. The molecule has 0 aromatic carbocycles. The van der Waals surface area contributed by atoms with E-state index in [9.17, 15) is 9.59 Å². The number of ether oxygens (including phenoxy) is 1. The van der Waals surface area contributed by atoms with Crippen molar-refractivity contribution in [1.29, 1.82) is 0 Å². The van der Waals surface area contributed by atoms with E-state index in [1.807, 2.05) is 34.6 Å². The molecule has 19 heavy (non-hydrogen) atoms. The maximum Gasteiger partial charge on any atom is 0.309 e. The van der Waals surface area contributed by atoms with Crippen LogP contribution in [0.1, 0.15) is 60.3 Å². The maximum absolute atomic E-state index is 12.2. The standard InChI is InChI=1S/C15H26O4/c1-14(2,3)15(4,5)19-13(18)11-8-6-10(7-9-11)12(16)17/h10-11H,6-9H2,1-5H3,(H,16,17). The molecule has 1 aliphatic carbocycles. The van der Waals surface area contributed by atoms with Crippen molar-refractivity contribution in [3.63, 3.8) is 0 Å². The zero-order valence-corrected chi connectivity index (χ0v) is 12.7. The fraction of sp³-hybridized carbons (Fsp3) is 0.867. The summed E-state index contributed by atoms with van der Waals surface area (Å²) >= 11 is 0. The molecule has 0 aliphatic heterocycles. The van der Waals surface area contributed by atoms with Crippen molar-refractivity contribution in [2.45, 2.75) is 65.9 Å². The van der Waals surface area contributed by atoms with Crippen molar-refractivity contribution in [2.24, 2.45) is 17.3 Å². The first-order valence-electron chi connectivity index (χ1n) is 7.00. The number of carbonyl (C=O) groups excluding carboxylic acids is 1. The highest BCUT2D eigenvalue weighted by Crippen LogP contribution is 2.36. The van der Waals surface area contributed by atoms with E-state index in [0.717, 1.165) is 0 Å². The van der Waals surface area contributed by atoms with Crippen LogP contribution in [0.25, 0.3) is 0 Å². The number of rotatable bonds is 3. The predicted molar refractivity (Wildman–Crippen MR) is 72.7 cm³/mol. The first kappa shape index (κ1) is 16.0. The van der Waals surface area contributed by atoms with Crippen molar-refractivity contribution in [3.05, 3.63) is 0 Å². The van der Waals surface area contributed by atoms with E-state index >= 15 is 0 Å². The number of hydrogen-bond acceptors (Lipinski definition) is 3. The lowest BCUT2D eigenvalue weighted by molar-refractivity contribution is -0.174. The highest BCUT2D eigenvalue weighted by Gasteiger charge is 2.39. The van der Waals surface area contributed by atoms with Crippen LogP contribution in [0.2, 0.25) is 0 Å². The van der Waals surface area contributed by atoms with Gasteiger partial charge in [-0.15, -0.1) is 0 Å². The van der Waals surface area contributed by atoms with Gasteiger partial charge in [0.15, 0.2) is 0 Å². The summed E-state index contributed by atoms with van der Waals surface area (Å²) in [5.74, 6) is -1.36. The van der Waals surface area contributed by atoms with Gasteiger partial charge in [-0.05, 0) is 39.5 Å². The molecule has 1 aliphatic rings. The number of hydrogen-bond donors (Lipinski definition) is 1. The molecule has 1 N–H and O–H groups in total. The molecule has 4 heteroatoms. The Kier molecular flexibility index (Phi) is 4.64. The highest BCUT2D eigenvalue weighted by molar-refractivity contribution is 5.74. The van der Waals surface area contributed by atoms with Crippen molar-refractivity contribution in [2.75, 3.05) is 0 Å². The Balaban J connectivity index is 2.55. The van der Waals surface area contributed by atoms with E-state index in [2.05, 4.69) is 0 Å². The molecule has 1 fully saturated rings. The third-order valence-electron chi connectivity index (χ3n) is 4.57. The van der Waals surface area contributed by atoms with Crippen LogP contribution in [0, 0.1) is 17.3 Å². The molecular formula is C15H26O4. The fourth-order valence-electron chi connectivity index (χ4n) is 2.06. The Bertz CT molecular complexity index is 344. The molecule has 1 rings (SSSR count). The van der Waals surface area contributed by atoms with Crippen molar-refractivity contribution in [3.8, 4) is 0 Å². The predicted octanol–water partition coefficient (Wildman–Crippen LogP) is 3.25. The zero-order valence-electron chi connectivity index (χ0n) is 12.7. The lowest BCUT2D eigenvalue weighted by Crippen LogP contribution is -2.43. The zero-order chi connectivity index (χ0) is 14.8. The van der Waals surface area contributed by atoms with Crippen LogP contribution in [-0.4, -0.2) is 22.6 Å². The van der Waals surface area contributed by atoms with Gasteiger partial charge in [0.1, 0.15) is 5.60 Å². The number of carboxylic acid groups (broad SMARTS) is 1. The van der Waals surface area contributed by atoms with Gasteiger partial charge in [0.25, 0.3) is 0 Å². The topological polar surface area (TPSA) is 63.6 Å². The monoisotopic (exact) mass is 270 g/mol. The average molecular weight is 270 g/mol. The largest absolute Gasteiger partial charge is 0.481 e. The lowest BCUT2D eigenvalue weighted by atomic mass is 9.78. The Morgan fingerprint density at radius 1 is 0.947 bits per heavy atom. The van der Waals surface area contributed by atoms with Gasteiger partial charge in [-0.2, -0.15) is 0 Å². The lowest BCUT2D eigenvalue weighted by Gasteiger charge is -2.39. The first-order chi connectivity index (χ1) is 8.54. The van der Waals surface area contributed by atoms with E-state index in [-0.39, 0.29) is 23.2 Å². The van der Waals surface area contributed by atoms with Gasteiger partial charge >= 0.3 is 11.9 Å². The Hall–Kier alpha value is -1.06. The van der Waals surface area contributed by atoms with Crippen LogP contribution in [0.15, 0.2) is 0 Å². The molecule has 0 heterocycles. The van der Waals surface area contributed by atoms with E-state index < -0.39 is 11.6 Å². The van der Waals surface area contributed by atoms with E-state index in [0.29, 0.717) is 25.7 Å². The minimum Gasteiger partial charge on any atom is -0.481 e. The normalized spacial score (nSPS) is 24.9. The van der Waals surface area contributed by atoms with Gasteiger partial charge in [-0.3, -0.25) is 9.59 Å². The van der Waals surface area contributed by atoms with Gasteiger partial charge in [-0.25, -0.2) is 0 Å². The smallest absolute Gasteiger partial charge is 0.309 e. The second-order valence-electron chi connectivity index (χ2n) is 7.07. The molecule has 0 unspecified atom stereocenters. The molecule has 0 amide bonds. The molecular weight excluding hydrogens is 244 g/mol.